The Labute approximate surface area is 122 Å². The molecule has 1 aromatic carbocycles. The van der Waals surface area contributed by atoms with Crippen LogP contribution in [0, 0.1) is 5.92 Å². The normalized spacial score (nSPS) is 15.3. The first-order chi connectivity index (χ1) is 8.79. The van der Waals surface area contributed by atoms with Crippen LogP contribution in [0.15, 0.2) is 30.3 Å². The van der Waals surface area contributed by atoms with Crippen LogP contribution in [0.2, 0.25) is 0 Å². The van der Waals surface area contributed by atoms with Crippen molar-refractivity contribution in [3.8, 4) is 0 Å². The molecule has 0 radical (unpaired) electrons. The van der Waals surface area contributed by atoms with Crippen molar-refractivity contribution in [1.82, 2.24) is 4.90 Å². The van der Waals surface area contributed by atoms with Crippen molar-refractivity contribution < 1.29 is 9.53 Å². The lowest BCUT2D eigenvalue weighted by atomic mass is 9.96. The molecule has 0 bridgehead atoms. The summed E-state index contributed by atoms with van der Waals surface area (Å²) in [4.78, 5) is 13.5. The molecule has 1 amide bonds. The molecule has 2 rings (SSSR count). The Morgan fingerprint density at radius 2 is 2.06 bits per heavy atom. The van der Waals surface area contributed by atoms with Gasteiger partial charge in [0.15, 0.2) is 0 Å². The van der Waals surface area contributed by atoms with Crippen LogP contribution in [0.5, 0.6) is 0 Å². The maximum atomic E-state index is 11.7. The van der Waals surface area contributed by atoms with Gasteiger partial charge in [-0.2, -0.15) is 0 Å². The highest BCUT2D eigenvalue weighted by molar-refractivity contribution is 14.1. The Morgan fingerprint density at radius 1 is 1.33 bits per heavy atom. The number of carbonyl (C=O) groups is 1. The van der Waals surface area contributed by atoms with E-state index in [0.29, 0.717) is 12.5 Å². The zero-order chi connectivity index (χ0) is 12.8. The predicted molar refractivity (Wildman–Crippen MR) is 79.8 cm³/mol. The van der Waals surface area contributed by atoms with E-state index in [1.165, 1.54) is 17.3 Å². The van der Waals surface area contributed by atoms with Crippen molar-refractivity contribution in [2.75, 3.05) is 17.5 Å². The minimum Gasteiger partial charge on any atom is -0.445 e. The monoisotopic (exact) mass is 359 g/mol. The quantitative estimate of drug-likeness (QED) is 0.595. The van der Waals surface area contributed by atoms with Crippen molar-refractivity contribution in [2.45, 2.75) is 19.4 Å². The molecule has 1 aliphatic rings. The molecule has 0 unspecified atom stereocenters. The molecule has 0 saturated carbocycles. The van der Waals surface area contributed by atoms with Gasteiger partial charge in [-0.25, -0.2) is 4.79 Å². The highest BCUT2D eigenvalue weighted by atomic mass is 127. The summed E-state index contributed by atoms with van der Waals surface area (Å²) in [5.74, 6) is 0.684. The fraction of sp³-hybridized carbons (Fsp3) is 0.500. The van der Waals surface area contributed by atoms with Gasteiger partial charge < -0.3 is 9.64 Å². The Morgan fingerprint density at radius 3 is 2.72 bits per heavy atom. The third kappa shape index (κ3) is 3.86. The van der Waals surface area contributed by atoms with Gasteiger partial charge in [-0.05, 0) is 28.8 Å². The number of alkyl halides is 1. The molecule has 1 aliphatic heterocycles. The lowest BCUT2D eigenvalue weighted by Gasteiger charge is -2.38. The Kier molecular flexibility index (Phi) is 5.28. The molecule has 0 spiro atoms. The molecule has 18 heavy (non-hydrogen) atoms. The fourth-order valence-electron chi connectivity index (χ4n) is 2.08. The maximum absolute atomic E-state index is 11.7. The molecule has 98 valence electrons. The lowest BCUT2D eigenvalue weighted by molar-refractivity contribution is 0.0471. The van der Waals surface area contributed by atoms with Crippen LogP contribution in [0.1, 0.15) is 18.4 Å². The fourth-order valence-corrected chi connectivity index (χ4v) is 2.52. The van der Waals surface area contributed by atoms with Gasteiger partial charge in [0, 0.05) is 13.1 Å². The molecule has 0 N–H and O–H groups in total. The average Bonchev–Trinajstić information content (AvgIpc) is 2.36. The van der Waals surface area contributed by atoms with Gasteiger partial charge in [0.2, 0.25) is 0 Å². The van der Waals surface area contributed by atoms with Crippen molar-refractivity contribution >= 4 is 28.7 Å². The smallest absolute Gasteiger partial charge is 0.410 e. The zero-order valence-corrected chi connectivity index (χ0v) is 12.5. The van der Waals surface area contributed by atoms with Gasteiger partial charge >= 0.3 is 6.09 Å². The van der Waals surface area contributed by atoms with Gasteiger partial charge in [-0.3, -0.25) is 0 Å². The van der Waals surface area contributed by atoms with Gasteiger partial charge in [-0.15, -0.1) is 0 Å². The second-order valence-electron chi connectivity index (χ2n) is 4.64. The summed E-state index contributed by atoms with van der Waals surface area (Å²) in [6.07, 6.45) is 2.30. The minimum absolute atomic E-state index is 0.176. The number of benzene rings is 1. The standard InChI is InChI=1S/C14H18INO2/c15-8-4-7-13-9-16(10-13)14(17)18-11-12-5-2-1-3-6-12/h1-3,5-6,13H,4,7-11H2. The van der Waals surface area contributed by atoms with E-state index in [0.717, 1.165) is 18.7 Å². The highest BCUT2D eigenvalue weighted by Gasteiger charge is 2.30. The summed E-state index contributed by atoms with van der Waals surface area (Å²) in [5.41, 5.74) is 1.04. The first-order valence-electron chi connectivity index (χ1n) is 6.31. The van der Waals surface area contributed by atoms with Crippen LogP contribution in [0.4, 0.5) is 4.79 Å². The van der Waals surface area contributed by atoms with E-state index in [1.54, 1.807) is 4.90 Å². The van der Waals surface area contributed by atoms with Crippen molar-refractivity contribution in [3.63, 3.8) is 0 Å². The van der Waals surface area contributed by atoms with E-state index in [4.69, 9.17) is 4.74 Å². The molecule has 1 heterocycles. The van der Waals surface area contributed by atoms with Crippen LogP contribution < -0.4 is 0 Å². The first kappa shape index (κ1) is 13.6. The Balaban J connectivity index is 1.65. The topological polar surface area (TPSA) is 29.5 Å². The van der Waals surface area contributed by atoms with Crippen molar-refractivity contribution in [1.29, 1.82) is 0 Å². The summed E-state index contributed by atoms with van der Waals surface area (Å²) in [7, 11) is 0. The van der Waals surface area contributed by atoms with Crippen LogP contribution in [-0.2, 0) is 11.3 Å². The van der Waals surface area contributed by atoms with E-state index < -0.39 is 0 Å². The zero-order valence-electron chi connectivity index (χ0n) is 10.3. The van der Waals surface area contributed by atoms with Crippen molar-refractivity contribution in [3.05, 3.63) is 35.9 Å². The molecule has 4 heteroatoms. The van der Waals surface area contributed by atoms with E-state index >= 15 is 0 Å². The number of hydrogen-bond acceptors (Lipinski definition) is 2. The summed E-state index contributed by atoms with van der Waals surface area (Å²) in [6.45, 7) is 2.10. The highest BCUT2D eigenvalue weighted by Crippen LogP contribution is 2.22. The molecule has 1 aromatic rings. The first-order valence-corrected chi connectivity index (χ1v) is 7.83. The van der Waals surface area contributed by atoms with E-state index in [2.05, 4.69) is 22.6 Å². The number of nitrogens with zero attached hydrogens (tertiary/aromatic N) is 1. The molecule has 0 aromatic heterocycles. The van der Waals surface area contributed by atoms with Gasteiger partial charge in [0.25, 0.3) is 0 Å². The van der Waals surface area contributed by atoms with E-state index in [9.17, 15) is 4.79 Å². The Bertz CT molecular complexity index is 377. The average molecular weight is 359 g/mol. The molecular weight excluding hydrogens is 341 g/mol. The van der Waals surface area contributed by atoms with Gasteiger partial charge in [-0.1, -0.05) is 52.9 Å². The SMILES string of the molecule is O=C(OCc1ccccc1)N1CC(CCCI)C1. The van der Waals surface area contributed by atoms with Crippen LogP contribution in [0.25, 0.3) is 0 Å². The molecular formula is C14H18INO2. The van der Waals surface area contributed by atoms with Crippen LogP contribution in [0.3, 0.4) is 0 Å². The molecule has 0 aliphatic carbocycles. The largest absolute Gasteiger partial charge is 0.445 e. The van der Waals surface area contributed by atoms with Gasteiger partial charge in [0.05, 0.1) is 0 Å². The number of halogens is 1. The van der Waals surface area contributed by atoms with Crippen molar-refractivity contribution in [2.24, 2.45) is 5.92 Å². The summed E-state index contributed by atoms with van der Waals surface area (Å²) >= 11 is 2.39. The Hall–Kier alpha value is -0.780. The second-order valence-corrected chi connectivity index (χ2v) is 5.72. The summed E-state index contributed by atoms with van der Waals surface area (Å²) < 4.78 is 6.47. The number of amides is 1. The molecule has 3 nitrogen and oxygen atoms in total. The predicted octanol–water partition coefficient (Wildman–Crippen LogP) is 3.47. The second kappa shape index (κ2) is 6.97. The third-order valence-electron chi connectivity index (χ3n) is 3.17. The number of carbonyl (C=O) groups excluding carboxylic acids is 1. The molecule has 0 atom stereocenters. The third-order valence-corrected chi connectivity index (χ3v) is 3.93. The number of rotatable bonds is 5. The van der Waals surface area contributed by atoms with Gasteiger partial charge in [0.1, 0.15) is 6.61 Å². The number of likely N-dealkylation sites (tertiary alicyclic amines) is 1. The van der Waals surface area contributed by atoms with Crippen LogP contribution >= 0.6 is 22.6 Å². The van der Waals surface area contributed by atoms with Crippen LogP contribution in [-0.4, -0.2) is 28.5 Å². The summed E-state index contributed by atoms with van der Waals surface area (Å²) in [6, 6.07) is 9.79. The molecule has 1 fully saturated rings. The number of ether oxygens (including phenoxy) is 1. The minimum atomic E-state index is -0.176. The van der Waals surface area contributed by atoms with E-state index in [1.807, 2.05) is 30.3 Å². The molecule has 1 saturated heterocycles. The maximum Gasteiger partial charge on any atom is 0.410 e. The van der Waals surface area contributed by atoms with E-state index in [-0.39, 0.29) is 6.09 Å². The lowest BCUT2D eigenvalue weighted by Crippen LogP contribution is -2.50. The number of hydrogen-bond donors (Lipinski definition) is 0. The summed E-state index contributed by atoms with van der Waals surface area (Å²) in [5, 5.41) is 0.